The van der Waals surface area contributed by atoms with Crippen LogP contribution in [0.2, 0.25) is 0 Å². The number of aromatic nitrogens is 1. The number of benzene rings is 1. The van der Waals surface area contributed by atoms with Crippen LogP contribution in [0, 0.1) is 3.82 Å². The van der Waals surface area contributed by atoms with Crippen molar-refractivity contribution >= 4 is 44.8 Å². The van der Waals surface area contributed by atoms with Crippen LogP contribution < -0.4 is 10.1 Å². The Morgan fingerprint density at radius 3 is 2.58 bits per heavy atom. The lowest BCUT2D eigenvalue weighted by Gasteiger charge is -2.13. The van der Waals surface area contributed by atoms with Gasteiger partial charge in [0.15, 0.2) is 0 Å². The minimum Gasteiger partial charge on any atom is -0.494 e. The van der Waals surface area contributed by atoms with E-state index in [-0.39, 0.29) is 12.5 Å². The molecule has 0 radical (unpaired) electrons. The van der Waals surface area contributed by atoms with Gasteiger partial charge in [0.1, 0.15) is 15.6 Å². The number of nitrogens with zero attached hydrogens (tertiary/aromatic N) is 1. The zero-order valence-electron chi connectivity index (χ0n) is 16.9. The third-order valence-electron chi connectivity index (χ3n) is 4.28. The van der Waals surface area contributed by atoms with Gasteiger partial charge >= 0.3 is 5.97 Å². The van der Waals surface area contributed by atoms with E-state index in [1.807, 2.05) is 30.3 Å². The molecule has 0 saturated carbocycles. The van der Waals surface area contributed by atoms with Crippen molar-refractivity contribution in [1.29, 1.82) is 0 Å². The fourth-order valence-electron chi connectivity index (χ4n) is 2.62. The van der Waals surface area contributed by atoms with Crippen LogP contribution in [0.1, 0.15) is 30.1 Å². The smallest absolute Gasteiger partial charge is 0.328 e. The fraction of sp³-hybridized carbons (Fsp3) is 0.273. The summed E-state index contributed by atoms with van der Waals surface area (Å²) in [6.07, 6.45) is 4.44. The minimum atomic E-state index is -0.733. The van der Waals surface area contributed by atoms with Crippen LogP contribution in [0.4, 0.5) is 0 Å². The first kappa shape index (κ1) is 23.1. The molecular weight excluding hydrogens is 452 g/mol. The molecular formula is C22H22N2O4S3. The predicted octanol–water partition coefficient (Wildman–Crippen LogP) is 5.12. The first-order valence-electron chi connectivity index (χ1n) is 9.74. The molecule has 0 saturated heterocycles. The molecule has 1 unspecified atom stereocenters. The van der Waals surface area contributed by atoms with Gasteiger partial charge in [0.25, 0.3) is 5.91 Å². The third-order valence-corrected chi connectivity index (χ3v) is 7.19. The van der Waals surface area contributed by atoms with Crippen molar-refractivity contribution in [3.8, 4) is 16.2 Å². The second kappa shape index (κ2) is 11.7. The summed E-state index contributed by atoms with van der Waals surface area (Å²) in [4.78, 5) is 29.1. The van der Waals surface area contributed by atoms with E-state index in [4.69, 9.17) is 21.7 Å². The van der Waals surface area contributed by atoms with Crippen molar-refractivity contribution in [2.75, 3.05) is 13.2 Å². The lowest BCUT2D eigenvalue weighted by atomic mass is 10.2. The minimum absolute atomic E-state index is 0.275. The Bertz CT molecular complexity index is 1050. The van der Waals surface area contributed by atoms with Crippen molar-refractivity contribution < 1.29 is 19.1 Å². The van der Waals surface area contributed by atoms with Gasteiger partial charge in [-0.2, -0.15) is 0 Å². The molecule has 1 N–H and O–H groups in total. The maximum atomic E-state index is 12.0. The molecule has 0 fully saturated rings. The maximum Gasteiger partial charge on any atom is 0.328 e. The van der Waals surface area contributed by atoms with Crippen LogP contribution in [0.15, 0.2) is 54.9 Å². The van der Waals surface area contributed by atoms with E-state index in [2.05, 4.69) is 10.3 Å². The van der Waals surface area contributed by atoms with Gasteiger partial charge in [-0.25, -0.2) is 4.79 Å². The predicted molar refractivity (Wildman–Crippen MR) is 125 cm³/mol. The van der Waals surface area contributed by atoms with Crippen molar-refractivity contribution in [2.45, 2.75) is 25.8 Å². The second-order valence-electron chi connectivity index (χ2n) is 6.68. The summed E-state index contributed by atoms with van der Waals surface area (Å²) in [7, 11) is 3.27. The SMILES string of the molecule is CC(NC(=O)c1cccnc1)C(=O)OCCCCOc1ccc(-c2cc(=S)ss2)cc1. The highest BCUT2D eigenvalue weighted by Gasteiger charge is 2.17. The fourth-order valence-corrected chi connectivity index (χ4v) is 5.02. The van der Waals surface area contributed by atoms with Gasteiger partial charge in [-0.3, -0.25) is 9.78 Å². The molecule has 9 heteroatoms. The van der Waals surface area contributed by atoms with Gasteiger partial charge in [0, 0.05) is 17.3 Å². The molecule has 1 aromatic carbocycles. The van der Waals surface area contributed by atoms with Crippen molar-refractivity contribution in [1.82, 2.24) is 10.3 Å². The third kappa shape index (κ3) is 7.23. The molecule has 2 heterocycles. The van der Waals surface area contributed by atoms with Crippen LogP contribution in [0.25, 0.3) is 10.4 Å². The molecule has 2 aromatic heterocycles. The quantitative estimate of drug-likeness (QED) is 0.190. The van der Waals surface area contributed by atoms with Crippen molar-refractivity contribution in [3.05, 3.63) is 64.2 Å². The molecule has 31 heavy (non-hydrogen) atoms. The maximum absolute atomic E-state index is 12.0. The number of rotatable bonds is 10. The summed E-state index contributed by atoms with van der Waals surface area (Å²) in [5, 5.41) is 2.60. The van der Waals surface area contributed by atoms with Crippen molar-refractivity contribution in [2.24, 2.45) is 0 Å². The molecule has 3 rings (SSSR count). The Labute approximate surface area is 193 Å². The van der Waals surface area contributed by atoms with E-state index in [1.165, 1.54) is 6.20 Å². The van der Waals surface area contributed by atoms with E-state index in [1.54, 1.807) is 45.9 Å². The topological polar surface area (TPSA) is 77.5 Å². The summed E-state index contributed by atoms with van der Waals surface area (Å²) in [5.74, 6) is -0.0296. The molecule has 0 spiro atoms. The Balaban J connectivity index is 1.30. The Morgan fingerprint density at radius 2 is 1.90 bits per heavy atom. The van der Waals surface area contributed by atoms with Crippen LogP contribution >= 0.6 is 32.9 Å². The molecule has 0 bridgehead atoms. The summed E-state index contributed by atoms with van der Waals surface area (Å²) in [6.45, 7) is 2.40. The van der Waals surface area contributed by atoms with Gasteiger partial charge in [-0.15, -0.1) is 0 Å². The number of carbonyl (C=O) groups excluding carboxylic acids is 2. The number of nitrogens with one attached hydrogen (secondary N) is 1. The number of hydrogen-bond donors (Lipinski definition) is 1. The number of carbonyl (C=O) groups is 2. The van der Waals surface area contributed by atoms with E-state index in [0.717, 1.165) is 26.4 Å². The summed E-state index contributed by atoms with van der Waals surface area (Å²) in [6, 6.07) is 12.5. The Morgan fingerprint density at radius 1 is 1.13 bits per heavy atom. The molecule has 3 aromatic rings. The van der Waals surface area contributed by atoms with Crippen LogP contribution in [-0.2, 0) is 9.53 Å². The normalized spacial score (nSPS) is 11.5. The van der Waals surface area contributed by atoms with Crippen LogP contribution in [-0.4, -0.2) is 36.1 Å². The molecule has 1 amide bonds. The lowest BCUT2D eigenvalue weighted by Crippen LogP contribution is -2.39. The van der Waals surface area contributed by atoms with E-state index in [0.29, 0.717) is 18.6 Å². The standard InChI is InChI=1S/C22H22N2O4S3/c1-15(24-21(25)17-5-4-10-23-14-17)22(26)28-12-3-2-11-27-18-8-6-16(7-9-18)19-13-20(29)31-30-19/h4-10,13-15H,2-3,11-12H2,1H3,(H,24,25). The van der Waals surface area contributed by atoms with Crippen molar-refractivity contribution in [3.63, 3.8) is 0 Å². The second-order valence-corrected chi connectivity index (χ2v) is 9.59. The molecule has 0 aliphatic carbocycles. The number of pyridine rings is 1. The van der Waals surface area contributed by atoms with Gasteiger partial charge in [0.2, 0.25) is 0 Å². The molecule has 0 aliphatic heterocycles. The van der Waals surface area contributed by atoms with Gasteiger partial charge in [0.05, 0.1) is 18.8 Å². The molecule has 0 aliphatic rings. The molecule has 1 atom stereocenters. The van der Waals surface area contributed by atoms with E-state index < -0.39 is 12.0 Å². The number of ether oxygens (including phenoxy) is 2. The first-order valence-corrected chi connectivity index (χ1v) is 12.3. The largest absolute Gasteiger partial charge is 0.494 e. The zero-order chi connectivity index (χ0) is 22.1. The van der Waals surface area contributed by atoms with Crippen LogP contribution in [0.3, 0.4) is 0 Å². The monoisotopic (exact) mass is 474 g/mol. The lowest BCUT2D eigenvalue weighted by molar-refractivity contribution is -0.145. The highest BCUT2D eigenvalue weighted by atomic mass is 32.9. The van der Waals surface area contributed by atoms with E-state index >= 15 is 0 Å². The van der Waals surface area contributed by atoms with Crippen LogP contribution in [0.5, 0.6) is 5.75 Å². The van der Waals surface area contributed by atoms with Gasteiger partial charge < -0.3 is 14.8 Å². The summed E-state index contributed by atoms with van der Waals surface area (Å²) < 4.78 is 11.9. The summed E-state index contributed by atoms with van der Waals surface area (Å²) >= 11 is 5.17. The Kier molecular flexibility index (Phi) is 8.69. The highest BCUT2D eigenvalue weighted by molar-refractivity contribution is 7.80. The number of unbranched alkanes of at least 4 members (excludes halogenated alkanes) is 1. The number of hydrogen-bond acceptors (Lipinski definition) is 8. The first-order chi connectivity index (χ1) is 15.0. The molecule has 6 nitrogen and oxygen atoms in total. The van der Waals surface area contributed by atoms with Gasteiger partial charge in [-0.05, 0) is 67.8 Å². The highest BCUT2D eigenvalue weighted by Crippen LogP contribution is 2.30. The van der Waals surface area contributed by atoms with Gasteiger partial charge in [-0.1, -0.05) is 32.9 Å². The van der Waals surface area contributed by atoms with E-state index in [9.17, 15) is 9.59 Å². The number of amides is 1. The number of esters is 1. The molecule has 162 valence electrons. The Hall–Kier alpha value is -2.62. The average Bonchev–Trinajstić information content (AvgIpc) is 3.23. The average molecular weight is 475 g/mol. The summed E-state index contributed by atoms with van der Waals surface area (Å²) in [5.41, 5.74) is 1.52. The zero-order valence-corrected chi connectivity index (χ0v) is 19.4.